The van der Waals surface area contributed by atoms with Crippen LogP contribution >= 0.6 is 11.6 Å². The minimum absolute atomic E-state index is 0.0753. The van der Waals surface area contributed by atoms with Crippen LogP contribution in [0.4, 0.5) is 5.69 Å². The van der Waals surface area contributed by atoms with Crippen LogP contribution in [0.15, 0.2) is 47.4 Å². The molecule has 2 aromatic carbocycles. The molecule has 0 aliphatic rings. The summed E-state index contributed by atoms with van der Waals surface area (Å²) in [5.41, 5.74) is -0.711. The molecule has 0 aliphatic heterocycles. The molecule has 10 heteroatoms. The summed E-state index contributed by atoms with van der Waals surface area (Å²) in [5.74, 6) is -0.665. The second-order valence-corrected chi connectivity index (χ2v) is 6.81. The zero-order valence-electron chi connectivity index (χ0n) is 12.9. The van der Waals surface area contributed by atoms with Gasteiger partial charge in [-0.25, -0.2) is 13.1 Å². The number of nitrogens with one attached hydrogen (secondary N) is 1. The molecule has 0 saturated heterocycles. The van der Waals surface area contributed by atoms with Gasteiger partial charge in [0.2, 0.25) is 11.7 Å². The van der Waals surface area contributed by atoms with Crippen LogP contribution < -0.4 is 9.46 Å². The van der Waals surface area contributed by atoms with E-state index in [9.17, 15) is 23.3 Å². The molecule has 0 radical (unpaired) electrons. The topological polar surface area (TPSA) is 116 Å². The summed E-state index contributed by atoms with van der Waals surface area (Å²) in [6, 6.07) is 10.4. The average molecular weight is 385 g/mol. The van der Waals surface area contributed by atoms with E-state index in [0.29, 0.717) is 5.75 Å². The molecule has 1 amide bonds. The fourth-order valence-electron chi connectivity index (χ4n) is 1.88. The monoisotopic (exact) mass is 384 g/mol. The van der Waals surface area contributed by atoms with Crippen molar-refractivity contribution in [1.29, 1.82) is 0 Å². The molecule has 0 saturated carbocycles. The Bertz CT molecular complexity index is 915. The van der Waals surface area contributed by atoms with Crippen molar-refractivity contribution in [3.05, 3.63) is 57.6 Å². The van der Waals surface area contributed by atoms with Crippen LogP contribution in [0, 0.1) is 10.1 Å². The largest absolute Gasteiger partial charge is 0.450 e. The van der Waals surface area contributed by atoms with Crippen molar-refractivity contribution in [2.24, 2.45) is 0 Å². The molecule has 0 fully saturated rings. The summed E-state index contributed by atoms with van der Waals surface area (Å²) in [5, 5.41) is 10.7. The highest BCUT2D eigenvalue weighted by molar-refractivity contribution is 7.90. The van der Waals surface area contributed by atoms with Crippen molar-refractivity contribution in [2.75, 3.05) is 0 Å². The van der Waals surface area contributed by atoms with Crippen LogP contribution in [0.3, 0.4) is 0 Å². The summed E-state index contributed by atoms with van der Waals surface area (Å²) in [4.78, 5) is 21.3. The van der Waals surface area contributed by atoms with Crippen LogP contribution in [0.5, 0.6) is 11.5 Å². The lowest BCUT2D eigenvalue weighted by atomic mass is 10.3. The molecular weight excluding hydrogens is 372 g/mol. The first-order valence-corrected chi connectivity index (χ1v) is 8.87. The zero-order chi connectivity index (χ0) is 18.6. The van der Waals surface area contributed by atoms with E-state index in [0.717, 1.165) is 12.1 Å². The first kappa shape index (κ1) is 18.7. The quantitative estimate of drug-likeness (QED) is 0.603. The van der Waals surface area contributed by atoms with Gasteiger partial charge < -0.3 is 4.74 Å². The summed E-state index contributed by atoms with van der Waals surface area (Å²) in [7, 11) is -4.34. The van der Waals surface area contributed by atoms with Gasteiger partial charge in [-0.1, -0.05) is 36.7 Å². The summed E-state index contributed by atoms with van der Waals surface area (Å²) in [6.07, 6.45) is -0.0753. The van der Waals surface area contributed by atoms with Crippen LogP contribution in [0.2, 0.25) is 5.02 Å². The number of ether oxygens (including phenoxy) is 1. The van der Waals surface area contributed by atoms with Crippen molar-refractivity contribution in [3.8, 4) is 11.5 Å². The number of halogens is 1. The lowest BCUT2D eigenvalue weighted by Crippen LogP contribution is -2.30. The fourth-order valence-corrected chi connectivity index (χ4v) is 3.54. The molecule has 132 valence electrons. The van der Waals surface area contributed by atoms with Crippen LogP contribution in [-0.2, 0) is 14.8 Å². The number of carbonyl (C=O) groups excluding carboxylic acids is 1. The summed E-state index contributed by atoms with van der Waals surface area (Å²) >= 11 is 5.93. The van der Waals surface area contributed by atoms with Gasteiger partial charge in [0.1, 0.15) is 15.7 Å². The van der Waals surface area contributed by atoms with Gasteiger partial charge in [0.25, 0.3) is 10.0 Å². The molecular formula is C15H13ClN2O6S. The Hall–Kier alpha value is -2.65. The number of benzene rings is 2. The van der Waals surface area contributed by atoms with E-state index < -0.39 is 36.5 Å². The van der Waals surface area contributed by atoms with E-state index in [1.54, 1.807) is 35.1 Å². The molecule has 2 aromatic rings. The lowest BCUT2D eigenvalue weighted by molar-refractivity contribution is -0.385. The SMILES string of the molecule is CCC(=O)NS(=O)(=O)c1ccc(Oc2ccccc2)c([N+](=O)[O-])c1Cl. The molecule has 0 atom stereocenters. The minimum atomic E-state index is -4.34. The van der Waals surface area contributed by atoms with Gasteiger partial charge in [0.15, 0.2) is 0 Å². The molecule has 0 bridgehead atoms. The first-order chi connectivity index (χ1) is 11.8. The zero-order valence-corrected chi connectivity index (χ0v) is 14.5. The van der Waals surface area contributed by atoms with Crippen molar-refractivity contribution >= 4 is 33.2 Å². The number of amides is 1. The van der Waals surface area contributed by atoms with Gasteiger partial charge >= 0.3 is 5.69 Å². The van der Waals surface area contributed by atoms with Crippen LogP contribution in [-0.4, -0.2) is 19.2 Å². The predicted molar refractivity (Wildman–Crippen MR) is 90.2 cm³/mol. The van der Waals surface area contributed by atoms with Gasteiger partial charge in [0.05, 0.1) is 4.92 Å². The Labute approximate surface area is 148 Å². The highest BCUT2D eigenvalue weighted by atomic mass is 35.5. The molecule has 0 unspecified atom stereocenters. The van der Waals surface area contributed by atoms with Crippen molar-refractivity contribution in [3.63, 3.8) is 0 Å². The third-order valence-corrected chi connectivity index (χ3v) is 4.97. The van der Waals surface area contributed by atoms with Gasteiger partial charge in [-0.2, -0.15) is 0 Å². The normalized spacial score (nSPS) is 11.0. The number of nitro benzene ring substituents is 1. The minimum Gasteiger partial charge on any atom is -0.450 e. The first-order valence-electron chi connectivity index (χ1n) is 7.01. The third-order valence-electron chi connectivity index (χ3n) is 3.06. The van der Waals surface area contributed by atoms with E-state index in [4.69, 9.17) is 16.3 Å². The maximum atomic E-state index is 12.2. The summed E-state index contributed by atoms with van der Waals surface area (Å²) in [6.45, 7) is 1.46. The second-order valence-electron chi connectivity index (χ2n) is 4.78. The van der Waals surface area contributed by atoms with Gasteiger partial charge in [-0.3, -0.25) is 14.9 Å². The molecule has 25 heavy (non-hydrogen) atoms. The third kappa shape index (κ3) is 4.25. The number of hydrogen-bond donors (Lipinski definition) is 1. The summed E-state index contributed by atoms with van der Waals surface area (Å²) < 4.78 is 31.6. The maximum Gasteiger partial charge on any atom is 0.331 e. The van der Waals surface area contributed by atoms with E-state index in [2.05, 4.69) is 0 Å². The Balaban J connectivity index is 2.52. The predicted octanol–water partition coefficient (Wildman–Crippen LogP) is 3.26. The number of nitro groups is 1. The number of para-hydroxylation sites is 1. The van der Waals surface area contributed by atoms with E-state index in [1.807, 2.05) is 0 Å². The van der Waals surface area contributed by atoms with Crippen molar-refractivity contribution in [2.45, 2.75) is 18.2 Å². The van der Waals surface area contributed by atoms with Crippen LogP contribution in [0.1, 0.15) is 13.3 Å². The van der Waals surface area contributed by atoms with Crippen LogP contribution in [0.25, 0.3) is 0 Å². The molecule has 0 heterocycles. The number of nitrogens with zero attached hydrogens (tertiary/aromatic N) is 1. The Morgan fingerprint density at radius 1 is 1.24 bits per heavy atom. The standard InChI is InChI=1S/C15H13ClN2O6S/c1-2-13(19)17-25(22,23)12-9-8-11(15(14(12)16)18(20)21)24-10-6-4-3-5-7-10/h3-9H,2H2,1H3,(H,17,19). The smallest absolute Gasteiger partial charge is 0.331 e. The Morgan fingerprint density at radius 2 is 1.88 bits per heavy atom. The lowest BCUT2D eigenvalue weighted by Gasteiger charge is -2.11. The van der Waals surface area contributed by atoms with Gasteiger partial charge in [-0.15, -0.1) is 0 Å². The number of sulfonamides is 1. The molecule has 2 rings (SSSR count). The average Bonchev–Trinajstić information content (AvgIpc) is 2.54. The molecule has 0 aliphatic carbocycles. The van der Waals surface area contributed by atoms with Gasteiger partial charge in [0, 0.05) is 6.42 Å². The fraction of sp³-hybridized carbons (Fsp3) is 0.133. The Morgan fingerprint density at radius 3 is 2.44 bits per heavy atom. The van der Waals surface area contributed by atoms with E-state index in [-0.39, 0.29) is 12.2 Å². The van der Waals surface area contributed by atoms with Gasteiger partial charge in [-0.05, 0) is 24.3 Å². The van der Waals surface area contributed by atoms with Crippen molar-refractivity contribution in [1.82, 2.24) is 4.72 Å². The van der Waals surface area contributed by atoms with Crippen molar-refractivity contribution < 1.29 is 22.9 Å². The molecule has 0 spiro atoms. The number of hydrogen-bond acceptors (Lipinski definition) is 6. The maximum absolute atomic E-state index is 12.2. The molecule has 0 aromatic heterocycles. The highest BCUT2D eigenvalue weighted by Gasteiger charge is 2.30. The highest BCUT2D eigenvalue weighted by Crippen LogP contribution is 2.40. The Kier molecular flexibility index (Phi) is 5.60. The molecule has 1 N–H and O–H groups in total. The van der Waals surface area contributed by atoms with E-state index >= 15 is 0 Å². The molecule has 8 nitrogen and oxygen atoms in total. The van der Waals surface area contributed by atoms with E-state index in [1.165, 1.54) is 6.92 Å². The second kappa shape index (κ2) is 7.49. The number of carbonyl (C=O) groups is 1. The number of rotatable bonds is 6.